The molecule has 0 saturated carbocycles. The van der Waals surface area contributed by atoms with Gasteiger partial charge in [0.05, 0.1) is 6.61 Å². The molecule has 0 radical (unpaired) electrons. The van der Waals surface area contributed by atoms with Crippen molar-refractivity contribution in [2.24, 2.45) is 10.9 Å². The van der Waals surface area contributed by atoms with Crippen LogP contribution in [0.25, 0.3) is 0 Å². The highest BCUT2D eigenvalue weighted by molar-refractivity contribution is 6.31. The van der Waals surface area contributed by atoms with E-state index in [4.69, 9.17) is 27.3 Å². The molecule has 0 aliphatic carbocycles. The first-order valence-electron chi connectivity index (χ1n) is 6.49. The number of nitrogens with two attached hydrogens (primary N) is 1. The summed E-state index contributed by atoms with van der Waals surface area (Å²) in [6.45, 7) is 3.03. The van der Waals surface area contributed by atoms with Crippen molar-refractivity contribution in [1.29, 1.82) is 0 Å². The quantitative estimate of drug-likeness (QED) is 0.348. The molecule has 1 aromatic rings. The fourth-order valence-electron chi connectivity index (χ4n) is 1.86. The molecule has 1 aromatic carbocycles. The smallest absolute Gasteiger partial charge is 0.254 e. The number of benzene rings is 1. The van der Waals surface area contributed by atoms with Crippen molar-refractivity contribution in [3.05, 3.63) is 34.3 Å². The number of amidine groups is 1. The molecule has 21 heavy (non-hydrogen) atoms. The lowest BCUT2D eigenvalue weighted by atomic mass is 10.1. The molecule has 6 nitrogen and oxygen atoms in total. The van der Waals surface area contributed by atoms with E-state index in [2.05, 4.69) is 5.16 Å². The van der Waals surface area contributed by atoms with Crippen LogP contribution in [-0.2, 0) is 4.74 Å². The van der Waals surface area contributed by atoms with Crippen molar-refractivity contribution in [3.63, 3.8) is 0 Å². The minimum Gasteiger partial charge on any atom is -0.409 e. The van der Waals surface area contributed by atoms with Gasteiger partial charge in [-0.1, -0.05) is 16.8 Å². The molecule has 0 bridgehead atoms. The van der Waals surface area contributed by atoms with Crippen molar-refractivity contribution < 1.29 is 14.7 Å². The molecule has 1 rings (SSSR count). The van der Waals surface area contributed by atoms with Crippen LogP contribution in [-0.4, -0.2) is 48.7 Å². The number of ether oxygens (including phenoxy) is 1. The van der Waals surface area contributed by atoms with E-state index < -0.39 is 0 Å². The van der Waals surface area contributed by atoms with E-state index in [0.29, 0.717) is 30.3 Å². The molecule has 0 aromatic heterocycles. The number of nitrogens with zero attached hydrogens (tertiary/aromatic N) is 2. The highest BCUT2D eigenvalue weighted by atomic mass is 35.5. The normalized spacial score (nSPS) is 11.5. The van der Waals surface area contributed by atoms with E-state index in [1.54, 1.807) is 30.2 Å². The molecule has 0 saturated heterocycles. The second-order valence-corrected chi connectivity index (χ2v) is 5.08. The van der Waals surface area contributed by atoms with Crippen LogP contribution in [0.2, 0.25) is 5.02 Å². The number of oxime groups is 1. The van der Waals surface area contributed by atoms with Gasteiger partial charge in [-0.3, -0.25) is 4.79 Å². The van der Waals surface area contributed by atoms with Gasteiger partial charge in [0.15, 0.2) is 0 Å². The Balaban J connectivity index is 2.87. The molecular weight excluding hydrogens is 294 g/mol. The van der Waals surface area contributed by atoms with E-state index in [-0.39, 0.29) is 18.2 Å². The number of methoxy groups -OCH3 is 1. The Morgan fingerprint density at radius 3 is 2.71 bits per heavy atom. The zero-order valence-electron chi connectivity index (χ0n) is 12.2. The number of rotatable bonds is 7. The van der Waals surface area contributed by atoms with Crippen molar-refractivity contribution in [2.75, 3.05) is 26.8 Å². The van der Waals surface area contributed by atoms with E-state index in [0.717, 1.165) is 5.56 Å². The number of carbonyl (C=O) groups excluding carboxylic acids is 1. The molecule has 0 atom stereocenters. The Hall–Kier alpha value is -1.79. The summed E-state index contributed by atoms with van der Waals surface area (Å²) >= 11 is 5.99. The second-order valence-electron chi connectivity index (χ2n) is 4.64. The highest BCUT2D eigenvalue weighted by Crippen LogP contribution is 2.16. The Morgan fingerprint density at radius 2 is 2.14 bits per heavy atom. The molecule has 0 unspecified atom stereocenters. The first-order valence-corrected chi connectivity index (χ1v) is 6.87. The molecule has 3 N–H and O–H groups in total. The minimum atomic E-state index is -0.164. The van der Waals surface area contributed by atoms with Crippen LogP contribution in [0.3, 0.4) is 0 Å². The maximum Gasteiger partial charge on any atom is 0.254 e. The summed E-state index contributed by atoms with van der Waals surface area (Å²) in [5, 5.41) is 12.0. The number of carbonyl (C=O) groups is 1. The molecular formula is C14H20ClN3O3. The molecule has 0 aliphatic rings. The fraction of sp³-hybridized carbons (Fsp3) is 0.429. The van der Waals surface area contributed by atoms with Gasteiger partial charge in [0.1, 0.15) is 5.84 Å². The molecule has 7 heteroatoms. The molecule has 116 valence electrons. The predicted molar refractivity (Wildman–Crippen MR) is 82.0 cm³/mol. The molecule has 0 heterocycles. The van der Waals surface area contributed by atoms with Gasteiger partial charge in [-0.25, -0.2) is 0 Å². The number of amides is 1. The van der Waals surface area contributed by atoms with E-state index in [9.17, 15) is 4.79 Å². The summed E-state index contributed by atoms with van der Waals surface area (Å²) in [7, 11) is 1.57. The number of aryl methyl sites for hydroxylation is 1. The van der Waals surface area contributed by atoms with Crippen LogP contribution in [0.5, 0.6) is 0 Å². The summed E-state index contributed by atoms with van der Waals surface area (Å²) < 4.78 is 5.01. The van der Waals surface area contributed by atoms with Crippen LogP contribution >= 0.6 is 11.6 Å². The third-order valence-corrected chi connectivity index (χ3v) is 3.13. The van der Waals surface area contributed by atoms with Crippen molar-refractivity contribution in [1.82, 2.24) is 4.90 Å². The number of hydrogen-bond acceptors (Lipinski definition) is 4. The monoisotopic (exact) mass is 313 g/mol. The average molecular weight is 314 g/mol. The maximum atomic E-state index is 12.5. The summed E-state index contributed by atoms with van der Waals surface area (Å²) in [4.78, 5) is 14.1. The minimum absolute atomic E-state index is 0.0764. The van der Waals surface area contributed by atoms with Gasteiger partial charge in [0.2, 0.25) is 0 Å². The maximum absolute atomic E-state index is 12.5. The zero-order chi connectivity index (χ0) is 15.8. The molecule has 0 aliphatic heterocycles. The second kappa shape index (κ2) is 8.49. The average Bonchev–Trinajstić information content (AvgIpc) is 2.45. The predicted octanol–water partition coefficient (Wildman–Crippen LogP) is 1.87. The van der Waals surface area contributed by atoms with Gasteiger partial charge in [-0.05, 0) is 30.7 Å². The van der Waals surface area contributed by atoms with E-state index in [1.807, 2.05) is 6.92 Å². The third-order valence-electron chi connectivity index (χ3n) is 2.91. The summed E-state index contributed by atoms with van der Waals surface area (Å²) in [6.07, 6.45) is 0.283. The fourth-order valence-corrected chi connectivity index (χ4v) is 2.15. The van der Waals surface area contributed by atoms with Gasteiger partial charge in [-0.2, -0.15) is 0 Å². The van der Waals surface area contributed by atoms with Crippen molar-refractivity contribution in [3.8, 4) is 0 Å². The molecule has 1 amide bonds. The lowest BCUT2D eigenvalue weighted by Gasteiger charge is -2.22. The van der Waals surface area contributed by atoms with Crippen molar-refractivity contribution in [2.45, 2.75) is 13.3 Å². The molecule has 0 fully saturated rings. The topological polar surface area (TPSA) is 88.2 Å². The van der Waals surface area contributed by atoms with Crippen molar-refractivity contribution >= 4 is 23.3 Å². The Morgan fingerprint density at radius 1 is 1.43 bits per heavy atom. The first kappa shape index (κ1) is 17.3. The lowest BCUT2D eigenvalue weighted by Crippen LogP contribution is -2.36. The lowest BCUT2D eigenvalue weighted by molar-refractivity contribution is 0.0700. The van der Waals surface area contributed by atoms with Crippen LogP contribution in [0.1, 0.15) is 22.3 Å². The Bertz CT molecular complexity index is 500. The highest BCUT2D eigenvalue weighted by Gasteiger charge is 2.16. The summed E-state index contributed by atoms with van der Waals surface area (Å²) in [5.41, 5.74) is 6.87. The summed E-state index contributed by atoms with van der Waals surface area (Å²) in [5.74, 6) is -0.0871. The van der Waals surface area contributed by atoms with Crippen LogP contribution in [0, 0.1) is 6.92 Å². The summed E-state index contributed by atoms with van der Waals surface area (Å²) in [6, 6.07) is 5.19. The molecule has 0 spiro atoms. The number of hydrogen-bond donors (Lipinski definition) is 2. The Labute approximate surface area is 129 Å². The van der Waals surface area contributed by atoms with Gasteiger partial charge >= 0.3 is 0 Å². The van der Waals surface area contributed by atoms with E-state index in [1.165, 1.54) is 0 Å². The standard InChI is InChI=1S/C14H20ClN3O3/c1-10-7-11(9-12(15)8-10)14(19)18(5-6-21-2)4-3-13(16)17-20/h7-9,20H,3-6H2,1-2H3,(H2,16,17). The number of halogens is 1. The SMILES string of the molecule is COCCN(CC/C(N)=N/O)C(=O)c1cc(C)cc(Cl)c1. The largest absolute Gasteiger partial charge is 0.409 e. The zero-order valence-corrected chi connectivity index (χ0v) is 12.9. The van der Waals surface area contributed by atoms with Gasteiger partial charge < -0.3 is 20.6 Å². The third kappa shape index (κ3) is 5.61. The first-order chi connectivity index (χ1) is 9.97. The van der Waals surface area contributed by atoms with Gasteiger partial charge in [-0.15, -0.1) is 0 Å². The van der Waals surface area contributed by atoms with Gasteiger partial charge in [0.25, 0.3) is 5.91 Å². The van der Waals surface area contributed by atoms with Gasteiger partial charge in [0, 0.05) is 37.2 Å². The van der Waals surface area contributed by atoms with Crippen LogP contribution in [0.4, 0.5) is 0 Å². The Kier molecular flexibility index (Phi) is 6.98. The van der Waals surface area contributed by atoms with E-state index >= 15 is 0 Å². The van der Waals surface area contributed by atoms with Crippen LogP contribution in [0.15, 0.2) is 23.4 Å². The van der Waals surface area contributed by atoms with Crippen LogP contribution < -0.4 is 5.73 Å².